The van der Waals surface area contributed by atoms with Crippen LogP contribution in [0.25, 0.3) is 10.9 Å². The van der Waals surface area contributed by atoms with Crippen molar-refractivity contribution in [2.45, 2.75) is 42.7 Å². The zero-order valence-electron chi connectivity index (χ0n) is 17.7. The van der Waals surface area contributed by atoms with Crippen molar-refractivity contribution < 1.29 is 23.4 Å². The molecule has 1 aliphatic rings. The van der Waals surface area contributed by atoms with Gasteiger partial charge in [0, 0.05) is 41.8 Å². The number of carbonyl (C=O) groups is 1. The maximum absolute atomic E-state index is 13.5. The molecule has 0 aliphatic carbocycles. The Bertz CT molecular complexity index is 1270. The summed E-state index contributed by atoms with van der Waals surface area (Å²) in [6, 6.07) is 13.6. The fourth-order valence-corrected chi connectivity index (χ4v) is 6.49. The molecule has 1 aliphatic heterocycles. The normalized spacial score (nSPS) is 18.8. The summed E-state index contributed by atoms with van der Waals surface area (Å²) in [5.74, 6) is -0.904. The fourth-order valence-electron chi connectivity index (χ4n) is 4.81. The van der Waals surface area contributed by atoms with Gasteiger partial charge in [-0.05, 0) is 55.2 Å². The Labute approximate surface area is 191 Å². The summed E-state index contributed by atoms with van der Waals surface area (Å²) in [4.78, 5) is 11.6. The third-order valence-electron chi connectivity index (χ3n) is 6.52. The molecule has 1 unspecified atom stereocenters. The third-order valence-corrected chi connectivity index (χ3v) is 8.75. The number of rotatable bonds is 7. The van der Waals surface area contributed by atoms with Gasteiger partial charge in [-0.3, -0.25) is 4.79 Å². The Morgan fingerprint density at radius 3 is 2.53 bits per heavy atom. The van der Waals surface area contributed by atoms with Crippen LogP contribution in [0.15, 0.2) is 53.4 Å². The number of benzene rings is 2. The lowest BCUT2D eigenvalue weighted by Gasteiger charge is -2.44. The molecule has 2 heterocycles. The number of nitrogens with zero attached hydrogens (tertiary/aromatic N) is 2. The number of carboxylic acids is 1. The summed E-state index contributed by atoms with van der Waals surface area (Å²) in [6.07, 6.45) is 1.16. The van der Waals surface area contributed by atoms with E-state index in [9.17, 15) is 23.4 Å². The summed E-state index contributed by atoms with van der Waals surface area (Å²) >= 11 is 5.93. The number of likely N-dealkylation sites (N-methyl/N-ethyl adjacent to an activating group) is 1. The number of sulfonamides is 1. The predicted octanol–water partition coefficient (Wildman–Crippen LogP) is 3.31. The van der Waals surface area contributed by atoms with Gasteiger partial charge in [0.15, 0.2) is 0 Å². The second kappa shape index (κ2) is 8.51. The number of aliphatic carboxylic acids is 1. The van der Waals surface area contributed by atoms with Crippen LogP contribution in [0.5, 0.6) is 0 Å². The molecule has 1 aromatic heterocycles. The van der Waals surface area contributed by atoms with Gasteiger partial charge in [0.1, 0.15) is 0 Å². The maximum atomic E-state index is 13.5. The van der Waals surface area contributed by atoms with Gasteiger partial charge in [0.2, 0.25) is 10.0 Å². The standard InChI is InChI=1S/C23H25ClN2O5S/c1-25(32(30,31)17-8-6-16(24)7-9-17)23(12-13-27)11-10-21-19(14-22(28)29)18-4-2-3-5-20(18)26(21)15-23/h2-9,27H,10-15H2,1H3,(H,28,29). The lowest BCUT2D eigenvalue weighted by molar-refractivity contribution is -0.136. The van der Waals surface area contributed by atoms with Crippen LogP contribution in [0.3, 0.4) is 0 Å². The molecule has 0 spiro atoms. The largest absolute Gasteiger partial charge is 0.481 e. The molecule has 32 heavy (non-hydrogen) atoms. The number of aromatic nitrogens is 1. The number of aliphatic hydroxyl groups excluding tert-OH is 1. The highest BCUT2D eigenvalue weighted by Gasteiger charge is 2.44. The average Bonchev–Trinajstić information content (AvgIpc) is 3.06. The number of halogens is 1. The van der Waals surface area contributed by atoms with E-state index in [4.69, 9.17) is 11.6 Å². The van der Waals surface area contributed by atoms with Crippen molar-refractivity contribution in [3.05, 3.63) is 64.8 Å². The van der Waals surface area contributed by atoms with Crippen molar-refractivity contribution in [1.82, 2.24) is 8.87 Å². The molecule has 0 fully saturated rings. The number of hydrogen-bond donors (Lipinski definition) is 2. The number of fused-ring (bicyclic) bond motifs is 3. The summed E-state index contributed by atoms with van der Waals surface area (Å²) in [5, 5.41) is 20.6. The van der Waals surface area contributed by atoms with Crippen LogP contribution >= 0.6 is 11.6 Å². The first-order chi connectivity index (χ1) is 15.2. The van der Waals surface area contributed by atoms with E-state index in [-0.39, 0.29) is 24.3 Å². The van der Waals surface area contributed by atoms with E-state index in [0.29, 0.717) is 24.4 Å². The smallest absolute Gasteiger partial charge is 0.307 e. The summed E-state index contributed by atoms with van der Waals surface area (Å²) in [7, 11) is -2.30. The van der Waals surface area contributed by atoms with Gasteiger partial charge < -0.3 is 14.8 Å². The van der Waals surface area contributed by atoms with E-state index in [1.165, 1.54) is 28.6 Å². The van der Waals surface area contributed by atoms with Crippen LogP contribution in [-0.4, -0.2) is 52.7 Å². The van der Waals surface area contributed by atoms with E-state index in [1.807, 2.05) is 28.8 Å². The van der Waals surface area contributed by atoms with Gasteiger partial charge in [0.25, 0.3) is 0 Å². The second-order valence-corrected chi connectivity index (χ2v) is 10.6. The zero-order valence-corrected chi connectivity index (χ0v) is 19.2. The van der Waals surface area contributed by atoms with Gasteiger partial charge in [-0.25, -0.2) is 8.42 Å². The summed E-state index contributed by atoms with van der Waals surface area (Å²) in [6.45, 7) is 0.156. The Hall–Kier alpha value is -2.39. The average molecular weight is 477 g/mol. The molecule has 7 nitrogen and oxygen atoms in total. The molecule has 2 N–H and O–H groups in total. The Kier molecular flexibility index (Phi) is 6.06. The van der Waals surface area contributed by atoms with Crippen molar-refractivity contribution in [2.24, 2.45) is 0 Å². The number of carboxylic acid groups (broad SMARTS) is 1. The molecular formula is C23H25ClN2O5S. The van der Waals surface area contributed by atoms with Crippen LogP contribution in [0.4, 0.5) is 0 Å². The first kappa shape index (κ1) is 22.8. The van der Waals surface area contributed by atoms with Crippen LogP contribution < -0.4 is 0 Å². The van der Waals surface area contributed by atoms with E-state index < -0.39 is 21.5 Å². The number of para-hydroxylation sites is 1. The molecule has 1 atom stereocenters. The monoisotopic (exact) mass is 476 g/mol. The SMILES string of the molecule is CN(C1(CCO)CCc2c(CC(=O)O)c3ccccc3n2C1)S(=O)(=O)c1ccc(Cl)cc1. The molecule has 0 saturated carbocycles. The highest BCUT2D eigenvalue weighted by Crippen LogP contribution is 2.40. The summed E-state index contributed by atoms with van der Waals surface area (Å²) < 4.78 is 30.3. The minimum absolute atomic E-state index is 0.0885. The second-order valence-electron chi connectivity index (χ2n) is 8.22. The fraction of sp³-hybridized carbons (Fsp3) is 0.348. The van der Waals surface area contributed by atoms with E-state index in [2.05, 4.69) is 0 Å². The number of hydrogen-bond acceptors (Lipinski definition) is 4. The summed E-state index contributed by atoms with van der Waals surface area (Å²) in [5.41, 5.74) is 1.70. The van der Waals surface area contributed by atoms with E-state index in [0.717, 1.165) is 22.2 Å². The molecule has 3 aromatic rings. The van der Waals surface area contributed by atoms with Crippen LogP contribution in [-0.2, 0) is 34.2 Å². The minimum Gasteiger partial charge on any atom is -0.481 e. The van der Waals surface area contributed by atoms with Crippen LogP contribution in [0, 0.1) is 0 Å². The van der Waals surface area contributed by atoms with Crippen LogP contribution in [0.2, 0.25) is 5.02 Å². The van der Waals surface area contributed by atoms with Crippen molar-refractivity contribution in [2.75, 3.05) is 13.7 Å². The first-order valence-electron chi connectivity index (χ1n) is 10.4. The lowest BCUT2D eigenvalue weighted by Crippen LogP contribution is -2.55. The number of aliphatic hydroxyl groups is 1. The molecule has 2 aromatic carbocycles. The molecule has 9 heteroatoms. The third kappa shape index (κ3) is 3.81. The van der Waals surface area contributed by atoms with E-state index in [1.54, 1.807) is 7.05 Å². The quantitative estimate of drug-likeness (QED) is 0.545. The van der Waals surface area contributed by atoms with E-state index >= 15 is 0 Å². The van der Waals surface area contributed by atoms with Gasteiger partial charge in [-0.2, -0.15) is 4.31 Å². The predicted molar refractivity (Wildman–Crippen MR) is 122 cm³/mol. The lowest BCUT2D eigenvalue weighted by atomic mass is 9.85. The van der Waals surface area contributed by atoms with Gasteiger partial charge in [-0.15, -0.1) is 0 Å². The molecule has 170 valence electrons. The Morgan fingerprint density at radius 1 is 1.19 bits per heavy atom. The molecular weight excluding hydrogens is 452 g/mol. The zero-order chi connectivity index (χ0) is 23.1. The van der Waals surface area contributed by atoms with Crippen molar-refractivity contribution in [3.63, 3.8) is 0 Å². The van der Waals surface area contributed by atoms with Crippen molar-refractivity contribution in [1.29, 1.82) is 0 Å². The minimum atomic E-state index is -3.85. The molecule has 0 amide bonds. The molecule has 0 bridgehead atoms. The molecule has 4 rings (SSSR count). The molecule has 0 radical (unpaired) electrons. The van der Waals surface area contributed by atoms with Gasteiger partial charge in [0.05, 0.1) is 16.9 Å². The Balaban J connectivity index is 1.81. The van der Waals surface area contributed by atoms with Crippen molar-refractivity contribution >= 4 is 38.5 Å². The molecule has 0 saturated heterocycles. The highest BCUT2D eigenvalue weighted by atomic mass is 35.5. The maximum Gasteiger partial charge on any atom is 0.307 e. The van der Waals surface area contributed by atoms with Gasteiger partial charge in [-0.1, -0.05) is 29.8 Å². The first-order valence-corrected chi connectivity index (χ1v) is 12.2. The van der Waals surface area contributed by atoms with Crippen LogP contribution in [0.1, 0.15) is 24.1 Å². The topological polar surface area (TPSA) is 99.8 Å². The van der Waals surface area contributed by atoms with Gasteiger partial charge >= 0.3 is 5.97 Å². The highest BCUT2D eigenvalue weighted by molar-refractivity contribution is 7.89. The van der Waals surface area contributed by atoms with Crippen molar-refractivity contribution in [3.8, 4) is 0 Å². The Morgan fingerprint density at radius 2 is 1.88 bits per heavy atom.